The number of hydrogen-bond acceptors (Lipinski definition) is 12. The Bertz CT molecular complexity index is 2120. The highest BCUT2D eigenvalue weighted by Crippen LogP contribution is 2.48. The third-order valence-electron chi connectivity index (χ3n) is 14.9. The summed E-state index contributed by atoms with van der Waals surface area (Å²) in [4.78, 5) is 120. The van der Waals surface area contributed by atoms with E-state index in [-0.39, 0.29) is 78.7 Å². The van der Waals surface area contributed by atoms with E-state index in [2.05, 4.69) is 26.6 Å². The lowest BCUT2D eigenvalue weighted by Gasteiger charge is -2.39. The first-order chi connectivity index (χ1) is 33.3. The van der Waals surface area contributed by atoms with Gasteiger partial charge in [0.2, 0.25) is 41.4 Å². The second-order valence-corrected chi connectivity index (χ2v) is 23.3. The van der Waals surface area contributed by atoms with Crippen LogP contribution in [-0.2, 0) is 38.4 Å². The lowest BCUT2D eigenvalue weighted by molar-refractivity contribution is -0.148. The van der Waals surface area contributed by atoms with Gasteiger partial charge < -0.3 is 46.2 Å². The molecule has 10 atom stereocenters. The quantitative estimate of drug-likeness (QED) is 0.175. The summed E-state index contributed by atoms with van der Waals surface area (Å²) in [7, 11) is 3.38. The van der Waals surface area contributed by atoms with Crippen LogP contribution < -0.4 is 26.6 Å². The fraction of sp³-hybridized carbons (Fsp3) is 0.608. The molecule has 0 bridgehead atoms. The summed E-state index contributed by atoms with van der Waals surface area (Å²) in [6, 6.07) is 12.2. The number of nitrogens with zero attached hydrogens (tertiary/aromatic N) is 4. The van der Waals surface area contributed by atoms with Crippen molar-refractivity contribution in [3.63, 3.8) is 0 Å². The highest BCUT2D eigenvalue weighted by Gasteiger charge is 2.56. The molecule has 17 nitrogen and oxygen atoms in total. The van der Waals surface area contributed by atoms with E-state index in [1.807, 2.05) is 39.8 Å². The molecule has 0 unspecified atom stereocenters. The van der Waals surface area contributed by atoms with Gasteiger partial charge in [-0.05, 0) is 87.1 Å². The molecule has 7 rings (SSSR count). The van der Waals surface area contributed by atoms with Gasteiger partial charge in [0.05, 0.1) is 22.8 Å². The van der Waals surface area contributed by atoms with E-state index in [1.165, 1.54) is 0 Å². The molecule has 0 radical (unpaired) electrons. The van der Waals surface area contributed by atoms with Gasteiger partial charge in [-0.15, -0.1) is 23.5 Å². The van der Waals surface area contributed by atoms with Crippen molar-refractivity contribution in [2.75, 3.05) is 51.8 Å². The molecule has 380 valence electrons. The Morgan fingerprint density at radius 3 is 1.50 bits per heavy atom. The number of rotatable bonds is 15. The minimum Gasteiger partial charge on any atom is -0.343 e. The van der Waals surface area contributed by atoms with Crippen LogP contribution in [0.2, 0.25) is 0 Å². The minimum absolute atomic E-state index is 0.0609. The van der Waals surface area contributed by atoms with Crippen molar-refractivity contribution < 1.29 is 38.4 Å². The standard InChI is InChI=1S/C51H71N9O8S2/c1-30(52-7)36(61)27-34-19-25-69-37-28-50(3,4)41(59(37)46(34)65)44(63)55-39(32-15-11-9-12-16-32)48(67)57-21-23-58(24-22-57)49(68)40(33-17-13-10-14-18-33)56-45(64)42-51(5,6)29-38-60(42)47(66)35(20-26-70-38)54-43(62)31(2)53-8/h9-18,30-31,34-35,37-42,52-53H,19-29H2,1-8H3,(H,54,62)(H,55,63)(H,56,64)/t30-,31-,34+,35-,37-,38-,39-,40-,41+,42+/m0/s1. The maximum Gasteiger partial charge on any atom is 0.249 e. The second-order valence-electron chi connectivity index (χ2n) is 20.7. The molecular formula is C51H71N9O8S2. The van der Waals surface area contributed by atoms with Crippen LogP contribution in [0.1, 0.15) is 96.9 Å². The second kappa shape index (κ2) is 22.2. The molecule has 5 aliphatic heterocycles. The molecule has 2 aromatic rings. The van der Waals surface area contributed by atoms with Crippen molar-refractivity contribution in [2.24, 2.45) is 16.7 Å². The highest BCUT2D eigenvalue weighted by molar-refractivity contribution is 8.00. The van der Waals surface area contributed by atoms with Crippen molar-refractivity contribution in [3.8, 4) is 0 Å². The number of fused-ring (bicyclic) bond motifs is 2. The van der Waals surface area contributed by atoms with Gasteiger partial charge in [0.25, 0.3) is 0 Å². The molecule has 0 aliphatic carbocycles. The zero-order chi connectivity index (χ0) is 50.7. The molecule has 19 heteroatoms. The molecule has 5 fully saturated rings. The number of Topliss-reactive ketones (excluding diaryl/α,β-unsaturated/α-hetero) is 1. The summed E-state index contributed by atoms with van der Waals surface area (Å²) >= 11 is 3.22. The summed E-state index contributed by atoms with van der Waals surface area (Å²) in [5.41, 5.74) is -0.165. The predicted octanol–water partition coefficient (Wildman–Crippen LogP) is 2.83. The summed E-state index contributed by atoms with van der Waals surface area (Å²) in [5.74, 6) is -1.82. The van der Waals surface area contributed by atoms with Crippen LogP contribution in [0.3, 0.4) is 0 Å². The van der Waals surface area contributed by atoms with E-state index in [0.29, 0.717) is 48.3 Å². The Morgan fingerprint density at radius 2 is 1.06 bits per heavy atom. The lowest BCUT2D eigenvalue weighted by Crippen LogP contribution is -2.59. The van der Waals surface area contributed by atoms with E-state index in [4.69, 9.17) is 0 Å². The first kappa shape index (κ1) is 52.8. The smallest absolute Gasteiger partial charge is 0.249 e. The first-order valence-corrected chi connectivity index (χ1v) is 26.7. The SMILES string of the molecule is CN[C@@H](C)C(=O)C[C@H]1CCS[C@H]2CC(C)(C)[C@@H](C(=O)N[C@H](C(=O)N3CCN(C(=O)[C@@H](NC(=O)[C@H]4N5C(=O)[C@@H](NC(=O)[C@H](C)NC)CCS[C@H]5CC4(C)C)c4ccccc4)CC3)c3ccccc3)N2C1=O. The van der Waals surface area contributed by atoms with Gasteiger partial charge >= 0.3 is 0 Å². The summed E-state index contributed by atoms with van der Waals surface area (Å²) in [6.07, 6.45) is 2.15. The molecule has 5 aliphatic rings. The number of nitrogens with one attached hydrogen (secondary N) is 5. The normalized spacial score (nSPS) is 26.9. The summed E-state index contributed by atoms with van der Waals surface area (Å²) < 4.78 is 0. The summed E-state index contributed by atoms with van der Waals surface area (Å²) in [6.45, 7) is 11.9. The number of carbonyl (C=O) groups excluding carboxylic acids is 8. The van der Waals surface area contributed by atoms with Crippen LogP contribution >= 0.6 is 23.5 Å². The van der Waals surface area contributed by atoms with E-state index < -0.39 is 70.9 Å². The maximum atomic E-state index is 14.7. The lowest BCUT2D eigenvalue weighted by atomic mass is 9.83. The predicted molar refractivity (Wildman–Crippen MR) is 270 cm³/mol. The largest absolute Gasteiger partial charge is 0.343 e. The van der Waals surface area contributed by atoms with E-state index in [9.17, 15) is 38.4 Å². The number of benzene rings is 2. The van der Waals surface area contributed by atoms with Crippen LogP contribution in [0.5, 0.6) is 0 Å². The van der Waals surface area contributed by atoms with E-state index >= 15 is 0 Å². The van der Waals surface area contributed by atoms with Gasteiger partial charge in [0.1, 0.15) is 36.0 Å². The number of hydrogen-bond donors (Lipinski definition) is 5. The van der Waals surface area contributed by atoms with Crippen molar-refractivity contribution in [3.05, 3.63) is 71.8 Å². The Labute approximate surface area is 420 Å². The van der Waals surface area contributed by atoms with Crippen LogP contribution in [0.4, 0.5) is 0 Å². The van der Waals surface area contributed by atoms with Gasteiger partial charge in [-0.1, -0.05) is 88.4 Å². The third-order valence-corrected chi connectivity index (χ3v) is 17.4. The number of carbonyl (C=O) groups is 8. The van der Waals surface area contributed by atoms with E-state index in [1.54, 1.807) is 120 Å². The molecule has 7 amide bonds. The van der Waals surface area contributed by atoms with Crippen molar-refractivity contribution >= 4 is 70.7 Å². The Balaban J connectivity index is 1.06. The topological polar surface area (TPSA) is 210 Å². The molecule has 0 spiro atoms. The van der Waals surface area contributed by atoms with Crippen molar-refractivity contribution in [2.45, 2.75) is 127 Å². The molecule has 0 saturated carbocycles. The average Bonchev–Trinajstić information content (AvgIpc) is 3.67. The van der Waals surface area contributed by atoms with Crippen LogP contribution in [0.25, 0.3) is 0 Å². The zero-order valence-electron chi connectivity index (χ0n) is 41.7. The van der Waals surface area contributed by atoms with E-state index in [0.717, 1.165) is 0 Å². The van der Waals surface area contributed by atoms with Crippen LogP contribution in [0.15, 0.2) is 60.7 Å². The Kier molecular flexibility index (Phi) is 16.8. The van der Waals surface area contributed by atoms with Crippen LogP contribution in [-0.4, -0.2) is 159 Å². The highest BCUT2D eigenvalue weighted by atomic mass is 32.2. The van der Waals surface area contributed by atoms with Gasteiger partial charge in [-0.25, -0.2) is 0 Å². The molecule has 5 saturated heterocycles. The molecule has 0 aromatic heterocycles. The van der Waals surface area contributed by atoms with Gasteiger partial charge in [0, 0.05) is 38.5 Å². The minimum atomic E-state index is -1.10. The molecule has 70 heavy (non-hydrogen) atoms. The molecule has 2 aromatic carbocycles. The first-order valence-electron chi connectivity index (χ1n) is 24.6. The van der Waals surface area contributed by atoms with Crippen LogP contribution in [0, 0.1) is 16.7 Å². The molecular weight excluding hydrogens is 931 g/mol. The third kappa shape index (κ3) is 11.2. The van der Waals surface area contributed by atoms with Gasteiger partial charge in [-0.2, -0.15) is 0 Å². The molecule has 5 N–H and O–H groups in total. The maximum absolute atomic E-state index is 14.7. The fourth-order valence-corrected chi connectivity index (χ4v) is 13.8. The molecule has 5 heterocycles. The number of likely N-dealkylation sites (N-methyl/N-ethyl adjacent to an activating group) is 2. The number of piperazine rings is 1. The number of ketones is 1. The fourth-order valence-electron chi connectivity index (χ4n) is 10.6. The number of thioether (sulfide) groups is 2. The van der Waals surface area contributed by atoms with Gasteiger partial charge in [0.15, 0.2) is 0 Å². The zero-order valence-corrected chi connectivity index (χ0v) is 43.3. The summed E-state index contributed by atoms with van der Waals surface area (Å²) in [5, 5.41) is 14.3. The van der Waals surface area contributed by atoms with Crippen molar-refractivity contribution in [1.82, 2.24) is 46.2 Å². The Morgan fingerprint density at radius 1 is 0.629 bits per heavy atom. The Hall–Kier alpha value is -4.98. The van der Waals surface area contributed by atoms with Crippen molar-refractivity contribution in [1.29, 1.82) is 0 Å². The number of amides is 7. The monoisotopic (exact) mass is 1000 g/mol. The average molecular weight is 1000 g/mol. The van der Waals surface area contributed by atoms with Gasteiger partial charge in [-0.3, -0.25) is 38.4 Å².